The maximum absolute atomic E-state index is 12.6. The van der Waals surface area contributed by atoms with E-state index in [1.807, 2.05) is 24.1 Å². The average Bonchev–Trinajstić information content (AvgIpc) is 3.11. The number of nitrogens with zero attached hydrogens (tertiary/aromatic N) is 1. The molecule has 1 fully saturated rings. The molecule has 0 radical (unpaired) electrons. The van der Waals surface area contributed by atoms with Crippen molar-refractivity contribution in [2.45, 2.75) is 38.1 Å². The van der Waals surface area contributed by atoms with Crippen LogP contribution in [0.25, 0.3) is 11.3 Å². The van der Waals surface area contributed by atoms with E-state index in [1.165, 1.54) is 19.3 Å². The zero-order chi connectivity index (χ0) is 17.1. The molecule has 3 rings (SSSR count). The van der Waals surface area contributed by atoms with Gasteiger partial charge in [0.25, 0.3) is 5.91 Å². The molecule has 1 heterocycles. The second-order valence-electron chi connectivity index (χ2n) is 6.33. The van der Waals surface area contributed by atoms with Gasteiger partial charge in [0, 0.05) is 18.7 Å². The molecule has 0 saturated heterocycles. The summed E-state index contributed by atoms with van der Waals surface area (Å²) in [5.41, 5.74) is 7.31. The molecule has 0 spiro atoms. The van der Waals surface area contributed by atoms with Gasteiger partial charge in [-0.3, -0.25) is 4.79 Å². The van der Waals surface area contributed by atoms with Crippen LogP contribution in [0.3, 0.4) is 0 Å². The molecule has 0 unspecified atom stereocenters. The van der Waals surface area contributed by atoms with E-state index in [2.05, 4.69) is 0 Å². The van der Waals surface area contributed by atoms with Crippen LogP contribution in [0.2, 0.25) is 0 Å². The van der Waals surface area contributed by atoms with Gasteiger partial charge in [-0.25, -0.2) is 0 Å². The lowest BCUT2D eigenvalue weighted by atomic mass is 9.94. The van der Waals surface area contributed by atoms with Crippen molar-refractivity contribution in [1.82, 2.24) is 4.90 Å². The molecule has 2 N–H and O–H groups in total. The Hall–Kier alpha value is -2.43. The Morgan fingerprint density at radius 3 is 2.62 bits per heavy atom. The minimum atomic E-state index is -0.0605. The number of anilines is 1. The van der Waals surface area contributed by atoms with Crippen LogP contribution in [0, 0.1) is 0 Å². The van der Waals surface area contributed by atoms with Gasteiger partial charge in [-0.15, -0.1) is 0 Å². The van der Waals surface area contributed by atoms with E-state index in [9.17, 15) is 4.79 Å². The highest BCUT2D eigenvalue weighted by Crippen LogP contribution is 2.30. The van der Waals surface area contributed by atoms with Gasteiger partial charge in [-0.1, -0.05) is 19.3 Å². The summed E-state index contributed by atoms with van der Waals surface area (Å²) in [4.78, 5) is 14.5. The van der Waals surface area contributed by atoms with E-state index in [1.54, 1.807) is 25.3 Å². The Bertz CT molecular complexity index is 717. The second kappa shape index (κ2) is 6.99. The zero-order valence-electron chi connectivity index (χ0n) is 14.2. The fourth-order valence-corrected chi connectivity index (χ4v) is 3.30. The third-order valence-electron chi connectivity index (χ3n) is 4.77. The summed E-state index contributed by atoms with van der Waals surface area (Å²) in [6.45, 7) is 0. The van der Waals surface area contributed by atoms with Gasteiger partial charge in [-0.2, -0.15) is 0 Å². The van der Waals surface area contributed by atoms with Crippen molar-refractivity contribution < 1.29 is 13.9 Å². The van der Waals surface area contributed by atoms with Gasteiger partial charge in [0.05, 0.1) is 12.8 Å². The number of hydrogen-bond acceptors (Lipinski definition) is 4. The smallest absolute Gasteiger partial charge is 0.289 e. The first kappa shape index (κ1) is 16.4. The highest BCUT2D eigenvalue weighted by Gasteiger charge is 2.25. The number of benzene rings is 1. The van der Waals surface area contributed by atoms with Crippen LogP contribution in [0.5, 0.6) is 5.75 Å². The number of methoxy groups -OCH3 is 1. The quantitative estimate of drug-likeness (QED) is 0.863. The Balaban J connectivity index is 1.77. The van der Waals surface area contributed by atoms with Gasteiger partial charge in [0.2, 0.25) is 0 Å². The van der Waals surface area contributed by atoms with E-state index in [-0.39, 0.29) is 5.91 Å². The number of nitrogens with two attached hydrogens (primary N) is 1. The van der Waals surface area contributed by atoms with Crippen molar-refractivity contribution >= 4 is 11.6 Å². The molecular formula is C19H24N2O3. The predicted molar refractivity (Wildman–Crippen MR) is 94.1 cm³/mol. The molecule has 0 bridgehead atoms. The lowest BCUT2D eigenvalue weighted by Crippen LogP contribution is -2.38. The SMILES string of the molecule is COc1ccc(-c2ccc(C(=O)N(C)C3CCCCC3)o2)cc1N. The zero-order valence-corrected chi connectivity index (χ0v) is 14.2. The van der Waals surface area contributed by atoms with Crippen molar-refractivity contribution in [3.05, 3.63) is 36.1 Å². The first-order chi connectivity index (χ1) is 11.6. The second-order valence-corrected chi connectivity index (χ2v) is 6.33. The van der Waals surface area contributed by atoms with E-state index >= 15 is 0 Å². The Labute approximate surface area is 142 Å². The van der Waals surface area contributed by atoms with Crippen LogP contribution in [-0.2, 0) is 0 Å². The number of nitrogen functional groups attached to an aromatic ring is 1. The lowest BCUT2D eigenvalue weighted by molar-refractivity contribution is 0.0665. The molecule has 1 aromatic carbocycles. The molecule has 1 aromatic heterocycles. The fraction of sp³-hybridized carbons (Fsp3) is 0.421. The van der Waals surface area contributed by atoms with Crippen molar-refractivity contribution in [2.75, 3.05) is 19.9 Å². The molecule has 0 aliphatic heterocycles. The third kappa shape index (κ3) is 3.25. The minimum absolute atomic E-state index is 0.0605. The molecule has 1 amide bonds. The summed E-state index contributed by atoms with van der Waals surface area (Å²) in [5.74, 6) is 1.56. The molecule has 5 heteroatoms. The summed E-state index contributed by atoms with van der Waals surface area (Å²) in [6, 6.07) is 9.31. The molecule has 24 heavy (non-hydrogen) atoms. The average molecular weight is 328 g/mol. The molecule has 2 aromatic rings. The summed E-state index contributed by atoms with van der Waals surface area (Å²) < 4.78 is 10.9. The monoisotopic (exact) mass is 328 g/mol. The van der Waals surface area contributed by atoms with Crippen molar-refractivity contribution in [1.29, 1.82) is 0 Å². The van der Waals surface area contributed by atoms with Crippen LogP contribution in [-0.4, -0.2) is 31.0 Å². The van der Waals surface area contributed by atoms with Crippen LogP contribution in [0.1, 0.15) is 42.7 Å². The van der Waals surface area contributed by atoms with E-state index in [4.69, 9.17) is 14.9 Å². The third-order valence-corrected chi connectivity index (χ3v) is 4.77. The van der Waals surface area contributed by atoms with Crippen molar-refractivity contribution in [2.24, 2.45) is 0 Å². The first-order valence-corrected chi connectivity index (χ1v) is 8.41. The standard InChI is InChI=1S/C19H24N2O3/c1-21(14-6-4-3-5-7-14)19(22)18-11-10-16(24-18)13-8-9-17(23-2)15(20)12-13/h8-12,14H,3-7,20H2,1-2H3. The Kier molecular flexibility index (Phi) is 4.79. The van der Waals surface area contributed by atoms with E-state index in [0.29, 0.717) is 29.0 Å². The lowest BCUT2D eigenvalue weighted by Gasteiger charge is -2.30. The van der Waals surface area contributed by atoms with E-state index < -0.39 is 0 Å². The highest BCUT2D eigenvalue weighted by atomic mass is 16.5. The van der Waals surface area contributed by atoms with Crippen LogP contribution < -0.4 is 10.5 Å². The van der Waals surface area contributed by atoms with Gasteiger partial charge in [0.15, 0.2) is 5.76 Å². The fourth-order valence-electron chi connectivity index (χ4n) is 3.30. The molecular weight excluding hydrogens is 304 g/mol. The molecule has 128 valence electrons. The molecule has 5 nitrogen and oxygen atoms in total. The van der Waals surface area contributed by atoms with Gasteiger partial charge >= 0.3 is 0 Å². The van der Waals surface area contributed by atoms with Crippen LogP contribution in [0.4, 0.5) is 5.69 Å². The van der Waals surface area contributed by atoms with Crippen LogP contribution in [0.15, 0.2) is 34.7 Å². The number of furan rings is 1. The van der Waals surface area contributed by atoms with Crippen LogP contribution >= 0.6 is 0 Å². The number of hydrogen-bond donors (Lipinski definition) is 1. The Morgan fingerprint density at radius 2 is 1.96 bits per heavy atom. The number of rotatable bonds is 4. The number of carbonyl (C=O) groups is 1. The highest BCUT2D eigenvalue weighted by molar-refractivity contribution is 5.92. The van der Waals surface area contributed by atoms with Crippen molar-refractivity contribution in [3.8, 4) is 17.1 Å². The summed E-state index contributed by atoms with van der Waals surface area (Å²) in [5, 5.41) is 0. The maximum atomic E-state index is 12.6. The van der Waals surface area contributed by atoms with E-state index in [0.717, 1.165) is 18.4 Å². The Morgan fingerprint density at radius 1 is 1.21 bits per heavy atom. The molecule has 1 aliphatic carbocycles. The number of amides is 1. The van der Waals surface area contributed by atoms with Gasteiger partial charge in [-0.05, 0) is 43.2 Å². The normalized spacial score (nSPS) is 15.2. The maximum Gasteiger partial charge on any atom is 0.289 e. The minimum Gasteiger partial charge on any atom is -0.495 e. The summed E-state index contributed by atoms with van der Waals surface area (Å²) >= 11 is 0. The summed E-state index contributed by atoms with van der Waals surface area (Å²) in [6.07, 6.45) is 5.80. The van der Waals surface area contributed by atoms with Gasteiger partial charge < -0.3 is 19.8 Å². The largest absolute Gasteiger partial charge is 0.495 e. The van der Waals surface area contributed by atoms with Gasteiger partial charge in [0.1, 0.15) is 11.5 Å². The number of carbonyl (C=O) groups excluding carboxylic acids is 1. The number of ether oxygens (including phenoxy) is 1. The predicted octanol–water partition coefficient (Wildman–Crippen LogP) is 3.94. The molecule has 0 atom stereocenters. The topological polar surface area (TPSA) is 68.7 Å². The molecule has 1 saturated carbocycles. The first-order valence-electron chi connectivity index (χ1n) is 8.41. The van der Waals surface area contributed by atoms with Crippen molar-refractivity contribution in [3.63, 3.8) is 0 Å². The molecule has 1 aliphatic rings. The summed E-state index contributed by atoms with van der Waals surface area (Å²) in [7, 11) is 3.45.